The maximum Gasteiger partial charge on any atom is 0.407 e. The summed E-state index contributed by atoms with van der Waals surface area (Å²) >= 11 is 1.32. The first-order chi connectivity index (χ1) is 35.0. The normalized spacial score (nSPS) is 22.5. The van der Waals surface area contributed by atoms with Crippen molar-refractivity contribution in [3.05, 3.63) is 23.8 Å². The lowest BCUT2D eigenvalue weighted by Gasteiger charge is -2.35. The van der Waals surface area contributed by atoms with Crippen LogP contribution in [0.25, 0.3) is 10.9 Å². The van der Waals surface area contributed by atoms with Crippen LogP contribution >= 0.6 is 11.8 Å². The molecule has 2 aromatic rings. The minimum Gasteiger partial charge on any atom is -0.508 e. The SMILES string of the molecule is CCC(C)C1NC(=O)CNC(=O)C(Cc2c(SC)[nH]c3cc(O)ccc23)NC(=O)C([C@@H](C)C(O)CO)NC2CCCN2C(=O)C(CC(=O)NCCCCCCNC(=O)OC(C)(C)C)NC(=O)CNC(=O)CNC1=O. The zero-order valence-electron chi connectivity index (χ0n) is 43.4. The number of hydrogen-bond acceptors (Lipinski definition) is 15. The van der Waals surface area contributed by atoms with Crippen molar-refractivity contribution >= 4 is 76.0 Å². The summed E-state index contributed by atoms with van der Waals surface area (Å²) in [5.41, 5.74) is 0.522. The summed E-state index contributed by atoms with van der Waals surface area (Å²) in [7, 11) is 0. The van der Waals surface area contributed by atoms with E-state index < -0.39 is 140 Å². The Morgan fingerprint density at radius 1 is 0.838 bits per heavy atom. The number of carbonyl (C=O) groups excluding carboxylic acids is 9. The molecule has 2 aliphatic heterocycles. The zero-order valence-corrected chi connectivity index (χ0v) is 44.3. The minimum atomic E-state index is -1.47. The number of hydrogen-bond donors (Lipinski definition) is 13. The van der Waals surface area contributed by atoms with Crippen LogP contribution < -0.4 is 47.9 Å². The molecule has 9 amide bonds. The van der Waals surface area contributed by atoms with Crippen LogP contribution in [0.1, 0.15) is 98.5 Å². The second kappa shape index (κ2) is 29.1. The van der Waals surface area contributed by atoms with Gasteiger partial charge in [0, 0.05) is 43.4 Å². The predicted molar refractivity (Wildman–Crippen MR) is 274 cm³/mol. The number of phenols is 1. The van der Waals surface area contributed by atoms with Crippen molar-refractivity contribution in [3.8, 4) is 5.75 Å². The molecular formula is C49H77N11O13S. The average Bonchev–Trinajstić information content (AvgIpc) is 3.97. The van der Waals surface area contributed by atoms with E-state index in [4.69, 9.17) is 4.74 Å². The number of aliphatic hydroxyl groups excluding tert-OH is 2. The second-order valence-electron chi connectivity index (χ2n) is 19.7. The molecule has 8 atom stereocenters. The summed E-state index contributed by atoms with van der Waals surface area (Å²) in [5, 5.41) is 56.5. The van der Waals surface area contributed by atoms with Gasteiger partial charge in [-0.25, -0.2) is 4.79 Å². The van der Waals surface area contributed by atoms with Crippen LogP contribution in [0.3, 0.4) is 0 Å². The van der Waals surface area contributed by atoms with Gasteiger partial charge < -0.3 is 72.5 Å². The summed E-state index contributed by atoms with van der Waals surface area (Å²) in [6, 6.07) is -0.775. The lowest BCUT2D eigenvalue weighted by atomic mass is 9.94. The topological polar surface area (TPSA) is 351 Å². The number of thioether (sulfide) groups is 1. The Morgan fingerprint density at radius 3 is 2.15 bits per heavy atom. The van der Waals surface area contributed by atoms with Gasteiger partial charge in [0.15, 0.2) is 0 Å². The van der Waals surface area contributed by atoms with Gasteiger partial charge in [-0.3, -0.25) is 43.7 Å². The van der Waals surface area contributed by atoms with E-state index in [1.807, 2.05) is 0 Å². The number of aromatic hydroxyl groups is 1. The van der Waals surface area contributed by atoms with E-state index >= 15 is 0 Å². The molecule has 0 bridgehead atoms. The highest BCUT2D eigenvalue weighted by atomic mass is 32.2. The highest BCUT2D eigenvalue weighted by Gasteiger charge is 2.40. The number of nitrogens with one attached hydrogen (secondary N) is 10. The fraction of sp³-hybridized carbons (Fsp3) is 0.653. The molecule has 3 heterocycles. The first-order valence-electron chi connectivity index (χ1n) is 25.2. The molecule has 24 nitrogen and oxygen atoms in total. The average molecular weight is 1060 g/mol. The smallest absolute Gasteiger partial charge is 0.407 e. The standard InChI is InChI=1S/C49H77N11O13S/c1-8-27(2)41-44(69)54-23-38(65)52-24-39(66)55-34(22-37(64)50-17-11-9-10-12-18-51-48(72)73-49(4,5)6)47(71)60-19-13-14-36(60)58-42(28(3)35(63)26-61)45(70)56-33(43(68)53-25-40(67)59-41)21-31-30-16-15-29(62)20-32(30)57-46(31)74-7/h15-16,20,27-28,33-36,41-42,57-58,61-63H,8-14,17-19,21-26H2,1-7H3,(H,50,64)(H,51,72)(H,52,65)(H,53,68)(H,54,69)(H,55,66)(H,56,70)(H,59,67)/t27?,28-,33?,34?,35?,36?,41?,42?/m0/s1. The summed E-state index contributed by atoms with van der Waals surface area (Å²) in [5.74, 6) is -7.48. The van der Waals surface area contributed by atoms with E-state index in [-0.39, 0.29) is 31.7 Å². The number of ether oxygens (including phenoxy) is 1. The van der Waals surface area contributed by atoms with E-state index in [0.29, 0.717) is 60.1 Å². The fourth-order valence-electron chi connectivity index (χ4n) is 8.51. The van der Waals surface area contributed by atoms with Gasteiger partial charge in [0.25, 0.3) is 0 Å². The number of aliphatic hydroxyl groups is 2. The molecule has 0 radical (unpaired) electrons. The van der Waals surface area contributed by atoms with Crippen molar-refractivity contribution in [3.63, 3.8) is 0 Å². The first kappa shape index (κ1) is 60.4. The number of alkyl carbamates (subject to hydrolysis) is 1. The van der Waals surface area contributed by atoms with Crippen LogP contribution in [0.15, 0.2) is 23.2 Å². The molecule has 2 aliphatic rings. The number of aromatic amines is 1. The van der Waals surface area contributed by atoms with Crippen LogP contribution in [-0.2, 0) is 49.5 Å². The Balaban J connectivity index is 1.63. The van der Waals surface area contributed by atoms with E-state index in [1.54, 1.807) is 46.9 Å². The molecule has 0 saturated carbocycles. The van der Waals surface area contributed by atoms with Gasteiger partial charge in [-0.2, -0.15) is 0 Å². The molecule has 74 heavy (non-hydrogen) atoms. The number of unbranched alkanes of at least 4 members (excludes halogenated alkanes) is 3. The summed E-state index contributed by atoms with van der Waals surface area (Å²) in [4.78, 5) is 127. The maximum absolute atomic E-state index is 14.7. The van der Waals surface area contributed by atoms with Gasteiger partial charge in [-0.1, -0.05) is 40.0 Å². The molecule has 7 unspecified atom stereocenters. The molecule has 2 fully saturated rings. The fourth-order valence-corrected chi connectivity index (χ4v) is 9.16. The first-order valence-corrected chi connectivity index (χ1v) is 26.5. The van der Waals surface area contributed by atoms with Crippen LogP contribution in [-0.4, -0.2) is 173 Å². The van der Waals surface area contributed by atoms with Crippen molar-refractivity contribution in [1.29, 1.82) is 0 Å². The Kier molecular flexibility index (Phi) is 23.7. The minimum absolute atomic E-state index is 0.0142. The van der Waals surface area contributed by atoms with Crippen LogP contribution in [0.5, 0.6) is 5.75 Å². The van der Waals surface area contributed by atoms with E-state index in [2.05, 4.69) is 52.8 Å². The molecule has 412 valence electrons. The number of amides is 9. The Morgan fingerprint density at radius 2 is 1.49 bits per heavy atom. The van der Waals surface area contributed by atoms with Crippen molar-refractivity contribution < 1.29 is 63.2 Å². The lowest BCUT2D eigenvalue weighted by molar-refractivity contribution is -0.140. The van der Waals surface area contributed by atoms with Crippen LogP contribution in [0.4, 0.5) is 4.79 Å². The molecule has 13 N–H and O–H groups in total. The lowest BCUT2D eigenvalue weighted by Crippen LogP contribution is -2.62. The number of H-pyrrole nitrogens is 1. The van der Waals surface area contributed by atoms with Crippen molar-refractivity contribution in [2.24, 2.45) is 11.8 Å². The van der Waals surface area contributed by atoms with Crippen LogP contribution in [0.2, 0.25) is 0 Å². The zero-order chi connectivity index (χ0) is 54.7. The molecule has 1 aromatic heterocycles. The number of fused-ring (bicyclic) bond motifs is 2. The van der Waals surface area contributed by atoms with E-state index in [1.165, 1.54) is 35.7 Å². The van der Waals surface area contributed by atoms with Gasteiger partial charge in [0.05, 0.1) is 61.5 Å². The third kappa shape index (κ3) is 18.6. The van der Waals surface area contributed by atoms with Gasteiger partial charge in [-0.05, 0) is 76.3 Å². The van der Waals surface area contributed by atoms with Gasteiger partial charge in [0.1, 0.15) is 29.5 Å². The number of benzene rings is 1. The van der Waals surface area contributed by atoms with Gasteiger partial charge in [-0.15, -0.1) is 11.8 Å². The van der Waals surface area contributed by atoms with E-state index in [0.717, 1.165) is 6.42 Å². The molecule has 25 heteroatoms. The Bertz CT molecular complexity index is 2290. The Labute approximate surface area is 435 Å². The maximum atomic E-state index is 14.7. The molecule has 1 aromatic carbocycles. The summed E-state index contributed by atoms with van der Waals surface area (Å²) < 4.78 is 5.24. The van der Waals surface area contributed by atoms with Gasteiger partial charge >= 0.3 is 6.09 Å². The van der Waals surface area contributed by atoms with Crippen LogP contribution in [0, 0.1) is 11.8 Å². The summed E-state index contributed by atoms with van der Waals surface area (Å²) in [6.45, 7) is 8.46. The highest BCUT2D eigenvalue weighted by Crippen LogP contribution is 2.32. The molecule has 4 rings (SSSR count). The predicted octanol–water partition coefficient (Wildman–Crippen LogP) is -0.512. The second-order valence-corrected chi connectivity index (χ2v) is 20.6. The number of phenolic OH excluding ortho intramolecular Hbond substituents is 1. The highest BCUT2D eigenvalue weighted by molar-refractivity contribution is 7.98. The quantitative estimate of drug-likeness (QED) is 0.0701. The van der Waals surface area contributed by atoms with Crippen molar-refractivity contribution in [2.75, 3.05) is 52.1 Å². The molecule has 0 spiro atoms. The van der Waals surface area contributed by atoms with Crippen molar-refractivity contribution in [1.82, 2.24) is 57.7 Å². The Hall–Kier alpha value is -6.18. The number of aromatic nitrogens is 1. The molecule has 2 saturated heterocycles. The molecule has 0 aliphatic carbocycles. The van der Waals surface area contributed by atoms with Gasteiger partial charge in [0.2, 0.25) is 47.3 Å². The third-order valence-corrected chi connectivity index (χ3v) is 13.6. The number of nitrogens with zero attached hydrogens (tertiary/aromatic N) is 1. The monoisotopic (exact) mass is 1060 g/mol. The summed E-state index contributed by atoms with van der Waals surface area (Å²) in [6.07, 6.45) is 2.04. The largest absolute Gasteiger partial charge is 0.508 e. The van der Waals surface area contributed by atoms with E-state index in [9.17, 15) is 58.5 Å². The number of carbonyl (C=O) groups is 9. The third-order valence-electron chi connectivity index (χ3n) is 12.8. The molecular weight excluding hydrogens is 983 g/mol. The number of rotatable bonds is 17. The van der Waals surface area contributed by atoms with Crippen molar-refractivity contribution in [2.45, 2.75) is 146 Å².